The van der Waals surface area contributed by atoms with E-state index in [0.717, 1.165) is 20.8 Å². The first kappa shape index (κ1) is 13.2. The molecule has 0 atom stereocenters. The number of hydrogen-bond donors (Lipinski definition) is 1. The van der Waals surface area contributed by atoms with E-state index in [1.54, 1.807) is 11.3 Å². The number of nitrogens with two attached hydrogens (primary N) is 1. The number of rotatable bonds is 3. The SMILES string of the molecule is Cc1ccc(N=Nc2[se]c(N)nc2-c2cccs2)cc1. The van der Waals surface area contributed by atoms with Gasteiger partial charge in [0.1, 0.15) is 0 Å². The van der Waals surface area contributed by atoms with Crippen LogP contribution in [-0.2, 0) is 0 Å². The zero-order chi connectivity index (χ0) is 13.9. The Labute approximate surface area is 126 Å². The van der Waals surface area contributed by atoms with Gasteiger partial charge in [-0.3, -0.25) is 0 Å². The summed E-state index contributed by atoms with van der Waals surface area (Å²) in [6.45, 7) is 2.05. The summed E-state index contributed by atoms with van der Waals surface area (Å²) in [5, 5.41) is 10.7. The van der Waals surface area contributed by atoms with Gasteiger partial charge in [0.25, 0.3) is 0 Å². The monoisotopic (exact) mass is 348 g/mol. The zero-order valence-corrected chi connectivity index (χ0v) is 13.3. The summed E-state index contributed by atoms with van der Waals surface area (Å²) < 4.78 is 1.54. The third-order valence-electron chi connectivity index (χ3n) is 2.67. The van der Waals surface area contributed by atoms with Crippen LogP contribution in [0.25, 0.3) is 10.6 Å². The van der Waals surface area contributed by atoms with Crippen LogP contribution >= 0.6 is 11.3 Å². The van der Waals surface area contributed by atoms with Crippen molar-refractivity contribution in [1.29, 1.82) is 0 Å². The van der Waals surface area contributed by atoms with Crippen molar-refractivity contribution in [3.05, 3.63) is 47.3 Å². The molecular weight excluding hydrogens is 335 g/mol. The predicted octanol–water partition coefficient (Wildman–Crippen LogP) is 4.17. The second kappa shape index (κ2) is 5.71. The number of thiophene rings is 1. The summed E-state index contributed by atoms with van der Waals surface area (Å²) >= 11 is 1.60. The van der Waals surface area contributed by atoms with Gasteiger partial charge in [0, 0.05) is 0 Å². The average Bonchev–Trinajstić information content (AvgIpc) is 3.07. The molecule has 0 spiro atoms. The van der Waals surface area contributed by atoms with Gasteiger partial charge in [0.15, 0.2) is 0 Å². The van der Waals surface area contributed by atoms with Crippen molar-refractivity contribution < 1.29 is 0 Å². The number of aromatic nitrogens is 1. The predicted molar refractivity (Wildman–Crippen MR) is 84.3 cm³/mol. The van der Waals surface area contributed by atoms with Crippen LogP contribution in [0.1, 0.15) is 5.56 Å². The Morgan fingerprint density at radius 1 is 1.15 bits per heavy atom. The van der Waals surface area contributed by atoms with Crippen LogP contribution in [0.4, 0.5) is 14.9 Å². The molecule has 6 heteroatoms. The van der Waals surface area contributed by atoms with Gasteiger partial charge >= 0.3 is 127 Å². The fourth-order valence-corrected chi connectivity index (χ4v) is 3.95. The van der Waals surface area contributed by atoms with Crippen molar-refractivity contribution in [2.45, 2.75) is 6.92 Å². The van der Waals surface area contributed by atoms with Gasteiger partial charge in [0.2, 0.25) is 0 Å². The van der Waals surface area contributed by atoms with Crippen LogP contribution in [0, 0.1) is 6.92 Å². The van der Waals surface area contributed by atoms with E-state index in [-0.39, 0.29) is 14.5 Å². The van der Waals surface area contributed by atoms with Crippen molar-refractivity contribution in [3.8, 4) is 10.6 Å². The summed E-state index contributed by atoms with van der Waals surface area (Å²) in [6, 6.07) is 12.0. The van der Waals surface area contributed by atoms with Crippen molar-refractivity contribution in [3.63, 3.8) is 0 Å². The van der Waals surface area contributed by atoms with Gasteiger partial charge in [-0.05, 0) is 0 Å². The Morgan fingerprint density at radius 3 is 2.65 bits per heavy atom. The minimum atomic E-state index is -0.0342. The second-order valence-electron chi connectivity index (χ2n) is 4.22. The molecule has 0 bridgehead atoms. The van der Waals surface area contributed by atoms with E-state index < -0.39 is 0 Å². The topological polar surface area (TPSA) is 63.6 Å². The van der Waals surface area contributed by atoms with Gasteiger partial charge in [-0.2, -0.15) is 0 Å². The molecule has 0 radical (unpaired) electrons. The van der Waals surface area contributed by atoms with E-state index in [4.69, 9.17) is 5.73 Å². The Hall–Kier alpha value is -1.75. The number of nitrogens with zero attached hydrogens (tertiary/aromatic N) is 3. The quantitative estimate of drug-likeness (QED) is 0.571. The van der Waals surface area contributed by atoms with E-state index in [9.17, 15) is 0 Å². The third-order valence-corrected chi connectivity index (χ3v) is 5.16. The summed E-state index contributed by atoms with van der Waals surface area (Å²) in [5.41, 5.74) is 8.77. The Balaban J connectivity index is 1.93. The van der Waals surface area contributed by atoms with E-state index in [1.165, 1.54) is 5.56 Å². The van der Waals surface area contributed by atoms with Gasteiger partial charge in [-0.15, -0.1) is 0 Å². The van der Waals surface area contributed by atoms with E-state index >= 15 is 0 Å². The first-order valence-corrected chi connectivity index (χ1v) is 8.60. The first-order chi connectivity index (χ1) is 9.72. The Morgan fingerprint density at radius 2 is 1.95 bits per heavy atom. The molecule has 0 aliphatic carbocycles. The molecule has 2 heterocycles. The van der Waals surface area contributed by atoms with Crippen LogP contribution in [0.15, 0.2) is 52.0 Å². The summed E-state index contributed by atoms with van der Waals surface area (Å²) in [5.74, 6) is 0. The minimum absolute atomic E-state index is 0.0342. The average molecular weight is 347 g/mol. The van der Waals surface area contributed by atoms with Crippen molar-refractivity contribution in [2.24, 2.45) is 10.2 Å². The molecule has 0 saturated carbocycles. The third kappa shape index (κ3) is 2.88. The normalized spacial score (nSPS) is 11.2. The van der Waals surface area contributed by atoms with Crippen LogP contribution in [0.3, 0.4) is 0 Å². The number of azo groups is 1. The number of aryl methyl sites for hydroxylation is 1. The van der Waals surface area contributed by atoms with Crippen LogP contribution in [-0.4, -0.2) is 19.5 Å². The number of hydrogen-bond acceptors (Lipinski definition) is 5. The number of benzene rings is 1. The van der Waals surface area contributed by atoms with Crippen molar-refractivity contribution in [1.82, 2.24) is 4.98 Å². The van der Waals surface area contributed by atoms with Crippen molar-refractivity contribution >= 4 is 40.8 Å². The van der Waals surface area contributed by atoms with Crippen LogP contribution < -0.4 is 5.73 Å². The number of nitrogen functional groups attached to an aromatic ring is 1. The zero-order valence-electron chi connectivity index (χ0n) is 10.8. The van der Waals surface area contributed by atoms with Gasteiger partial charge in [0.05, 0.1) is 0 Å². The molecule has 1 aromatic carbocycles. The standard InChI is InChI=1S/C14H12N4SSe/c1-9-4-6-10(7-5-9)17-18-13-12(16-14(15)20-13)11-3-2-8-19-11/h2-8H,1H3,(H2,15,16). The van der Waals surface area contributed by atoms with Gasteiger partial charge < -0.3 is 0 Å². The fourth-order valence-electron chi connectivity index (χ4n) is 1.68. The maximum atomic E-state index is 5.85. The van der Waals surface area contributed by atoms with E-state index in [2.05, 4.69) is 15.2 Å². The molecule has 2 aromatic heterocycles. The summed E-state index contributed by atoms with van der Waals surface area (Å²) in [6.07, 6.45) is 0. The molecule has 4 nitrogen and oxygen atoms in total. The molecule has 0 amide bonds. The maximum absolute atomic E-state index is 5.85. The molecule has 0 unspecified atom stereocenters. The van der Waals surface area contributed by atoms with E-state index in [0.29, 0.717) is 4.69 Å². The fraction of sp³-hybridized carbons (Fsp3) is 0.0714. The molecular formula is C14H12N4SSe. The first-order valence-electron chi connectivity index (χ1n) is 6.01. The van der Waals surface area contributed by atoms with Gasteiger partial charge in [-0.1, -0.05) is 0 Å². The Kier molecular flexibility index (Phi) is 3.78. The molecule has 100 valence electrons. The van der Waals surface area contributed by atoms with Crippen LogP contribution in [0.2, 0.25) is 0 Å². The molecule has 0 saturated heterocycles. The van der Waals surface area contributed by atoms with Gasteiger partial charge in [-0.25, -0.2) is 0 Å². The van der Waals surface area contributed by atoms with Crippen molar-refractivity contribution in [2.75, 3.05) is 5.73 Å². The molecule has 0 aliphatic rings. The number of anilines is 1. The van der Waals surface area contributed by atoms with Crippen LogP contribution in [0.5, 0.6) is 0 Å². The summed E-state index contributed by atoms with van der Waals surface area (Å²) in [7, 11) is 0. The second-order valence-corrected chi connectivity index (χ2v) is 7.28. The molecule has 3 aromatic rings. The molecule has 0 fully saturated rings. The molecule has 0 aliphatic heterocycles. The van der Waals surface area contributed by atoms with E-state index in [1.807, 2.05) is 48.7 Å². The molecule has 3 rings (SSSR count). The molecule has 20 heavy (non-hydrogen) atoms. The Bertz CT molecular complexity index is 729. The summed E-state index contributed by atoms with van der Waals surface area (Å²) in [4.78, 5) is 5.49. The molecule has 2 N–H and O–H groups in total.